The van der Waals surface area contributed by atoms with Gasteiger partial charge >= 0.3 is 0 Å². The molecule has 48 heavy (non-hydrogen) atoms. The minimum atomic E-state index is -4.15. The van der Waals surface area contributed by atoms with Gasteiger partial charge in [0.2, 0.25) is 5.82 Å². The lowest BCUT2D eigenvalue weighted by Gasteiger charge is -2.24. The molecular weight excluding hydrogens is 634 g/mol. The number of carbonyl (C=O) groups excluding carboxylic acids is 1. The van der Waals surface area contributed by atoms with E-state index in [0.29, 0.717) is 29.6 Å². The number of aryl methyl sites for hydroxylation is 1. The molecule has 0 saturated carbocycles. The molecule has 1 amide bonds. The molecule has 0 bridgehead atoms. The van der Waals surface area contributed by atoms with E-state index in [1.807, 2.05) is 47.2 Å². The number of sulfonamides is 1. The van der Waals surface area contributed by atoms with Gasteiger partial charge in [-0.1, -0.05) is 37.2 Å². The second-order valence-electron chi connectivity index (χ2n) is 11.7. The molecule has 0 aliphatic carbocycles. The van der Waals surface area contributed by atoms with E-state index in [1.54, 1.807) is 19.2 Å². The summed E-state index contributed by atoms with van der Waals surface area (Å²) >= 11 is 0. The van der Waals surface area contributed by atoms with Crippen molar-refractivity contribution >= 4 is 27.3 Å². The standard InChI is InChI=1S/C34H39N7O6S/c1-23(2)14-15-41(4)30-13-10-25(19-29(30)35-20-24-8-11-28(12-9-24)46-17-16-42)32-37-34(47-38-32)27-7-5-6-26(18-27)33(43)39-48(44,45)31-21-40(3)22-36-31/h5-13,18-19,21-23,35,42H,14-17,20H2,1-4H3,(H,39,43). The number of aliphatic hydroxyl groups is 1. The number of aliphatic hydroxyl groups excluding tert-OH is 1. The predicted octanol–water partition coefficient (Wildman–Crippen LogP) is 4.72. The first kappa shape index (κ1) is 34.1. The highest BCUT2D eigenvalue weighted by Crippen LogP contribution is 2.32. The predicted molar refractivity (Wildman–Crippen MR) is 182 cm³/mol. The molecule has 0 aliphatic heterocycles. The number of rotatable bonds is 15. The summed E-state index contributed by atoms with van der Waals surface area (Å²) in [7, 11) is -0.459. The van der Waals surface area contributed by atoms with Gasteiger partial charge in [0.15, 0.2) is 5.03 Å². The van der Waals surface area contributed by atoms with Crippen molar-refractivity contribution in [2.45, 2.75) is 31.8 Å². The van der Waals surface area contributed by atoms with E-state index in [4.69, 9.17) is 14.4 Å². The number of aromatic nitrogens is 4. The van der Waals surface area contributed by atoms with E-state index in [2.05, 4.69) is 46.2 Å². The van der Waals surface area contributed by atoms with Gasteiger partial charge in [-0.3, -0.25) is 4.79 Å². The average Bonchev–Trinajstić information content (AvgIpc) is 3.76. The molecule has 0 unspecified atom stereocenters. The maximum atomic E-state index is 12.9. The lowest BCUT2D eigenvalue weighted by Crippen LogP contribution is -2.30. The molecule has 5 aromatic rings. The smallest absolute Gasteiger partial charge is 0.283 e. The van der Waals surface area contributed by atoms with Crippen LogP contribution in [0.5, 0.6) is 5.75 Å². The number of benzene rings is 3. The monoisotopic (exact) mass is 673 g/mol. The molecule has 0 aliphatic rings. The zero-order chi connectivity index (χ0) is 34.3. The molecule has 13 nitrogen and oxygen atoms in total. The maximum absolute atomic E-state index is 12.9. The fourth-order valence-electron chi connectivity index (χ4n) is 4.80. The van der Waals surface area contributed by atoms with Crippen molar-refractivity contribution in [3.8, 4) is 28.6 Å². The Hall–Kier alpha value is -5.21. The van der Waals surface area contributed by atoms with Crippen LogP contribution in [0.15, 0.2) is 88.8 Å². The number of carbonyl (C=O) groups is 1. The van der Waals surface area contributed by atoms with E-state index in [-0.39, 0.29) is 29.7 Å². The molecule has 3 aromatic carbocycles. The zero-order valence-electron chi connectivity index (χ0n) is 27.3. The van der Waals surface area contributed by atoms with Crippen LogP contribution in [0.25, 0.3) is 22.8 Å². The van der Waals surface area contributed by atoms with Crippen molar-refractivity contribution in [3.63, 3.8) is 0 Å². The highest BCUT2D eigenvalue weighted by molar-refractivity contribution is 7.90. The molecule has 0 fully saturated rings. The molecule has 0 atom stereocenters. The largest absolute Gasteiger partial charge is 0.491 e. The Morgan fingerprint density at radius 1 is 1.08 bits per heavy atom. The van der Waals surface area contributed by atoms with Gasteiger partial charge in [-0.25, -0.2) is 9.71 Å². The zero-order valence-corrected chi connectivity index (χ0v) is 28.1. The first-order chi connectivity index (χ1) is 23.0. The Morgan fingerprint density at radius 3 is 2.58 bits per heavy atom. The second kappa shape index (κ2) is 15.1. The lowest BCUT2D eigenvalue weighted by molar-refractivity contribution is 0.0981. The number of amides is 1. The van der Waals surface area contributed by atoms with Crippen LogP contribution in [0.2, 0.25) is 0 Å². The summed E-state index contributed by atoms with van der Waals surface area (Å²) in [6.07, 6.45) is 3.67. The van der Waals surface area contributed by atoms with Gasteiger partial charge in [-0.2, -0.15) is 13.4 Å². The highest BCUT2D eigenvalue weighted by Gasteiger charge is 2.22. The molecule has 3 N–H and O–H groups in total. The van der Waals surface area contributed by atoms with Crippen LogP contribution in [0.1, 0.15) is 36.2 Å². The number of hydrogen-bond acceptors (Lipinski definition) is 11. The Kier molecular flexibility index (Phi) is 10.8. The molecule has 252 valence electrons. The Labute approximate surface area is 279 Å². The molecule has 2 heterocycles. The van der Waals surface area contributed by atoms with Crippen LogP contribution < -0.4 is 19.7 Å². The summed E-state index contributed by atoms with van der Waals surface area (Å²) in [4.78, 5) is 23.5. The summed E-state index contributed by atoms with van der Waals surface area (Å²) in [6, 6.07) is 19.9. The fourth-order valence-corrected chi connectivity index (χ4v) is 5.76. The number of nitrogens with one attached hydrogen (secondary N) is 2. The molecule has 2 aromatic heterocycles. The van der Waals surface area contributed by atoms with Gasteiger partial charge in [0.1, 0.15) is 12.4 Å². The lowest BCUT2D eigenvalue weighted by atomic mass is 10.1. The van der Waals surface area contributed by atoms with E-state index in [9.17, 15) is 13.2 Å². The Bertz CT molecular complexity index is 1950. The second-order valence-corrected chi connectivity index (χ2v) is 13.4. The van der Waals surface area contributed by atoms with Gasteiger partial charge in [0.05, 0.1) is 24.3 Å². The van der Waals surface area contributed by atoms with Crippen LogP contribution in [-0.2, 0) is 23.6 Å². The summed E-state index contributed by atoms with van der Waals surface area (Å²) in [5, 5.41) is 16.5. The number of hydrogen-bond donors (Lipinski definition) is 3. The van der Waals surface area contributed by atoms with Crippen molar-refractivity contribution in [1.82, 2.24) is 24.4 Å². The first-order valence-corrected chi connectivity index (χ1v) is 16.9. The van der Waals surface area contributed by atoms with Gasteiger partial charge in [-0.05, 0) is 66.4 Å². The van der Waals surface area contributed by atoms with Crippen LogP contribution >= 0.6 is 0 Å². The molecule has 0 radical (unpaired) electrons. The normalized spacial score (nSPS) is 11.5. The molecule has 14 heteroatoms. The quantitative estimate of drug-likeness (QED) is 0.141. The third kappa shape index (κ3) is 8.57. The fraction of sp³-hybridized carbons (Fsp3) is 0.294. The van der Waals surface area contributed by atoms with Crippen LogP contribution in [-0.4, -0.2) is 65.9 Å². The summed E-state index contributed by atoms with van der Waals surface area (Å²) in [5.74, 6) is 0.952. The number of ether oxygens (including phenoxy) is 1. The number of imidazole rings is 1. The Balaban J connectivity index is 1.36. The van der Waals surface area contributed by atoms with Gasteiger partial charge in [-0.15, -0.1) is 0 Å². The minimum Gasteiger partial charge on any atom is -0.491 e. The number of anilines is 2. The molecular formula is C34H39N7O6S. The van der Waals surface area contributed by atoms with Gasteiger partial charge in [0, 0.05) is 50.1 Å². The molecule has 0 saturated heterocycles. The van der Waals surface area contributed by atoms with Gasteiger partial charge < -0.3 is 29.2 Å². The van der Waals surface area contributed by atoms with Crippen LogP contribution in [0.4, 0.5) is 11.4 Å². The summed E-state index contributed by atoms with van der Waals surface area (Å²) in [6.45, 7) is 6.03. The van der Waals surface area contributed by atoms with Crippen molar-refractivity contribution in [2.75, 3.05) is 37.0 Å². The topological polar surface area (TPSA) is 165 Å². The third-order valence-corrected chi connectivity index (χ3v) is 8.67. The van der Waals surface area contributed by atoms with E-state index in [0.717, 1.165) is 35.5 Å². The minimum absolute atomic E-state index is 0.0438. The summed E-state index contributed by atoms with van der Waals surface area (Å²) < 4.78 is 39.8. The van der Waals surface area contributed by atoms with E-state index < -0.39 is 15.9 Å². The first-order valence-electron chi connectivity index (χ1n) is 15.4. The highest BCUT2D eigenvalue weighted by atomic mass is 32.2. The van der Waals surface area contributed by atoms with Crippen LogP contribution in [0, 0.1) is 5.92 Å². The summed E-state index contributed by atoms with van der Waals surface area (Å²) in [5.41, 5.74) is 4.22. The van der Waals surface area contributed by atoms with E-state index in [1.165, 1.54) is 29.2 Å². The van der Waals surface area contributed by atoms with Gasteiger partial charge in [0.25, 0.3) is 21.8 Å². The molecule has 0 spiro atoms. The van der Waals surface area contributed by atoms with E-state index >= 15 is 0 Å². The maximum Gasteiger partial charge on any atom is 0.283 e. The van der Waals surface area contributed by atoms with Crippen molar-refractivity contribution in [3.05, 3.63) is 90.4 Å². The Morgan fingerprint density at radius 2 is 1.88 bits per heavy atom. The number of nitrogens with zero attached hydrogens (tertiary/aromatic N) is 5. The third-order valence-electron chi connectivity index (χ3n) is 7.46. The van der Waals surface area contributed by atoms with Crippen molar-refractivity contribution in [2.24, 2.45) is 13.0 Å². The van der Waals surface area contributed by atoms with Crippen molar-refractivity contribution in [1.29, 1.82) is 0 Å². The SMILES string of the molecule is CC(C)CCN(C)c1ccc(-c2noc(-c3cccc(C(=O)NS(=O)(=O)c4cn(C)cn4)c3)n2)cc1NCc1ccc(OCCO)cc1. The van der Waals surface area contributed by atoms with Crippen molar-refractivity contribution < 1.29 is 27.6 Å². The van der Waals surface area contributed by atoms with Crippen LogP contribution in [0.3, 0.4) is 0 Å². The average molecular weight is 674 g/mol. The molecule has 5 rings (SSSR count).